The predicted octanol–water partition coefficient (Wildman–Crippen LogP) is 3.02. The Kier molecular flexibility index (Phi) is 6.42. The number of nitrogens with one attached hydrogen (secondary N) is 1. The molecule has 0 radical (unpaired) electrons. The summed E-state index contributed by atoms with van der Waals surface area (Å²) in [5.74, 6) is 0.701. The fourth-order valence-corrected chi connectivity index (χ4v) is 5.63. The Labute approximate surface area is 170 Å². The molecule has 152 valence electrons. The minimum absolute atomic E-state index is 0.00325. The van der Waals surface area contributed by atoms with Gasteiger partial charge in [-0.2, -0.15) is 0 Å². The second-order valence-corrected chi connectivity index (χ2v) is 10.0. The van der Waals surface area contributed by atoms with Crippen LogP contribution in [-0.4, -0.2) is 45.0 Å². The average Bonchev–Trinajstić information content (AvgIpc) is 3.21. The molecule has 0 unspecified atom stereocenters. The number of amides is 1. The molecule has 1 aromatic heterocycles. The lowest BCUT2D eigenvalue weighted by molar-refractivity contribution is -0.134. The summed E-state index contributed by atoms with van der Waals surface area (Å²) in [5, 5.41) is 1.74. The van der Waals surface area contributed by atoms with Crippen molar-refractivity contribution in [1.82, 2.24) is 9.62 Å². The van der Waals surface area contributed by atoms with Crippen LogP contribution in [0.4, 0.5) is 0 Å². The third kappa shape index (κ3) is 4.74. The number of hydrogen-bond acceptors (Lipinski definition) is 5. The van der Waals surface area contributed by atoms with E-state index >= 15 is 0 Å². The van der Waals surface area contributed by atoms with Crippen LogP contribution in [0, 0.1) is 20.8 Å². The van der Waals surface area contributed by atoms with Crippen LogP contribution in [0.25, 0.3) is 0 Å². The number of aryl methyl sites for hydroxylation is 2. The summed E-state index contributed by atoms with van der Waals surface area (Å²) in [7, 11) is -3.47. The predicted molar refractivity (Wildman–Crippen MR) is 110 cm³/mol. The molecule has 1 fully saturated rings. The van der Waals surface area contributed by atoms with Crippen LogP contribution in [0.2, 0.25) is 0 Å². The highest BCUT2D eigenvalue weighted by Crippen LogP contribution is 2.26. The van der Waals surface area contributed by atoms with Crippen molar-refractivity contribution in [2.45, 2.75) is 43.9 Å². The highest BCUT2D eigenvalue weighted by molar-refractivity contribution is 7.91. The maximum absolute atomic E-state index is 12.5. The number of benzene rings is 1. The van der Waals surface area contributed by atoms with Gasteiger partial charge in [0.1, 0.15) is 9.96 Å². The Morgan fingerprint density at radius 3 is 2.50 bits per heavy atom. The van der Waals surface area contributed by atoms with Gasteiger partial charge in [0, 0.05) is 19.1 Å². The van der Waals surface area contributed by atoms with E-state index in [-0.39, 0.29) is 18.6 Å². The molecule has 0 bridgehead atoms. The van der Waals surface area contributed by atoms with Gasteiger partial charge in [-0.1, -0.05) is 18.2 Å². The molecule has 0 spiro atoms. The molecule has 1 aliphatic rings. The second kappa shape index (κ2) is 8.63. The van der Waals surface area contributed by atoms with Crippen molar-refractivity contribution in [2.24, 2.45) is 0 Å². The van der Waals surface area contributed by atoms with Gasteiger partial charge in [-0.15, -0.1) is 11.3 Å². The van der Waals surface area contributed by atoms with Crippen molar-refractivity contribution < 1.29 is 17.9 Å². The van der Waals surface area contributed by atoms with Crippen LogP contribution in [0.3, 0.4) is 0 Å². The smallest absolute Gasteiger partial charge is 0.260 e. The number of hydrogen-bond donors (Lipinski definition) is 1. The topological polar surface area (TPSA) is 75.7 Å². The summed E-state index contributed by atoms with van der Waals surface area (Å²) in [4.78, 5) is 14.3. The number of carbonyl (C=O) groups is 1. The number of sulfonamides is 1. The lowest BCUT2D eigenvalue weighted by Crippen LogP contribution is -2.47. The quantitative estimate of drug-likeness (QED) is 0.776. The lowest BCUT2D eigenvalue weighted by atomic mass is 10.1. The van der Waals surface area contributed by atoms with E-state index < -0.39 is 10.0 Å². The van der Waals surface area contributed by atoms with Crippen LogP contribution in [-0.2, 0) is 14.8 Å². The third-order valence-corrected chi connectivity index (χ3v) is 8.06. The van der Waals surface area contributed by atoms with Crippen molar-refractivity contribution in [3.8, 4) is 5.75 Å². The molecule has 0 aliphatic carbocycles. The minimum Gasteiger partial charge on any atom is -0.483 e. The fraction of sp³-hybridized carbons (Fsp3) is 0.450. The summed E-state index contributed by atoms with van der Waals surface area (Å²) in [6.07, 6.45) is 1.19. The zero-order valence-corrected chi connectivity index (χ0v) is 18.0. The second-order valence-electron chi connectivity index (χ2n) is 7.15. The lowest BCUT2D eigenvalue weighted by Gasteiger charge is -2.32. The molecule has 0 atom stereocenters. The molecule has 0 saturated carbocycles. The number of ether oxygens (including phenoxy) is 1. The van der Waals surface area contributed by atoms with Crippen LogP contribution in [0.15, 0.2) is 33.9 Å². The largest absolute Gasteiger partial charge is 0.483 e. The molecule has 2 aromatic rings. The summed E-state index contributed by atoms with van der Waals surface area (Å²) < 4.78 is 33.5. The molecule has 2 heterocycles. The van der Waals surface area contributed by atoms with E-state index in [1.54, 1.807) is 22.4 Å². The highest BCUT2D eigenvalue weighted by atomic mass is 32.2. The van der Waals surface area contributed by atoms with Crippen molar-refractivity contribution in [1.29, 1.82) is 0 Å². The standard InChI is InChI=1S/C20H26N2O4S2/c1-14-6-7-15(2)20(16(14)3)26-13-18(23)22-10-8-17(9-11-22)21-28(24,25)19-5-4-12-27-19/h4-7,12,17,21H,8-11,13H2,1-3H3. The van der Waals surface area contributed by atoms with Crippen LogP contribution in [0.5, 0.6) is 5.75 Å². The Balaban J connectivity index is 1.51. The maximum Gasteiger partial charge on any atom is 0.260 e. The number of likely N-dealkylation sites (tertiary alicyclic amines) is 1. The van der Waals surface area contributed by atoms with E-state index in [9.17, 15) is 13.2 Å². The van der Waals surface area contributed by atoms with Gasteiger partial charge in [0.05, 0.1) is 0 Å². The van der Waals surface area contributed by atoms with Gasteiger partial charge in [0.25, 0.3) is 5.91 Å². The van der Waals surface area contributed by atoms with E-state index in [0.29, 0.717) is 30.1 Å². The van der Waals surface area contributed by atoms with E-state index in [2.05, 4.69) is 4.72 Å². The Hall–Kier alpha value is -1.90. The van der Waals surface area contributed by atoms with Crippen molar-refractivity contribution >= 4 is 27.3 Å². The first-order chi connectivity index (χ1) is 13.3. The fourth-order valence-electron chi connectivity index (χ4n) is 3.31. The Morgan fingerprint density at radius 1 is 1.18 bits per heavy atom. The molecular formula is C20H26N2O4S2. The van der Waals surface area contributed by atoms with Crippen LogP contribution < -0.4 is 9.46 Å². The monoisotopic (exact) mass is 422 g/mol. The van der Waals surface area contributed by atoms with Crippen LogP contribution >= 0.6 is 11.3 Å². The maximum atomic E-state index is 12.5. The average molecular weight is 423 g/mol. The third-order valence-electron chi connectivity index (χ3n) is 5.14. The molecule has 1 saturated heterocycles. The number of carbonyl (C=O) groups excluding carboxylic acids is 1. The van der Waals surface area contributed by atoms with E-state index in [0.717, 1.165) is 22.4 Å². The minimum atomic E-state index is -3.47. The van der Waals surface area contributed by atoms with Gasteiger partial charge >= 0.3 is 0 Å². The van der Waals surface area contributed by atoms with E-state index in [1.165, 1.54) is 11.3 Å². The first kappa shape index (κ1) is 20.8. The van der Waals surface area contributed by atoms with Crippen molar-refractivity contribution in [2.75, 3.05) is 19.7 Å². The Bertz CT molecular complexity index is 931. The molecule has 6 nitrogen and oxygen atoms in total. The van der Waals surface area contributed by atoms with Gasteiger partial charge in [-0.05, 0) is 61.7 Å². The van der Waals surface area contributed by atoms with Crippen LogP contribution in [0.1, 0.15) is 29.5 Å². The summed E-state index contributed by atoms with van der Waals surface area (Å²) in [6, 6.07) is 7.20. The molecule has 1 aliphatic heterocycles. The number of thiophene rings is 1. The van der Waals surface area contributed by atoms with Crippen molar-refractivity contribution in [3.05, 3.63) is 46.3 Å². The number of nitrogens with zero attached hydrogens (tertiary/aromatic N) is 1. The SMILES string of the molecule is Cc1ccc(C)c(OCC(=O)N2CCC(NS(=O)(=O)c3cccs3)CC2)c1C. The van der Waals surface area contributed by atoms with E-state index in [1.807, 2.05) is 32.9 Å². The molecule has 3 rings (SSSR count). The molecule has 1 aromatic carbocycles. The highest BCUT2D eigenvalue weighted by Gasteiger charge is 2.27. The van der Waals surface area contributed by atoms with Crippen molar-refractivity contribution in [3.63, 3.8) is 0 Å². The summed E-state index contributed by atoms with van der Waals surface area (Å²) in [6.45, 7) is 7.02. The molecule has 28 heavy (non-hydrogen) atoms. The summed E-state index contributed by atoms with van der Waals surface area (Å²) in [5.41, 5.74) is 3.19. The Morgan fingerprint density at radius 2 is 1.86 bits per heavy atom. The van der Waals surface area contributed by atoms with Gasteiger partial charge in [0.15, 0.2) is 6.61 Å². The molecule has 8 heteroatoms. The van der Waals surface area contributed by atoms with Gasteiger partial charge in [-0.3, -0.25) is 4.79 Å². The van der Waals surface area contributed by atoms with Gasteiger partial charge < -0.3 is 9.64 Å². The van der Waals surface area contributed by atoms with Gasteiger partial charge in [-0.25, -0.2) is 13.1 Å². The zero-order chi connectivity index (χ0) is 20.3. The molecule has 1 amide bonds. The van der Waals surface area contributed by atoms with E-state index in [4.69, 9.17) is 4.74 Å². The number of piperidine rings is 1. The first-order valence-electron chi connectivity index (χ1n) is 9.31. The first-order valence-corrected chi connectivity index (χ1v) is 11.7. The zero-order valence-electron chi connectivity index (χ0n) is 16.4. The summed E-state index contributed by atoms with van der Waals surface area (Å²) >= 11 is 1.20. The molecular weight excluding hydrogens is 396 g/mol. The number of rotatable bonds is 6. The van der Waals surface area contributed by atoms with Gasteiger partial charge in [0.2, 0.25) is 10.0 Å². The normalized spacial score (nSPS) is 15.6. The molecule has 1 N–H and O–H groups in total.